The standard InChI is InChI=1S/C25H24N2O4/c1-14-6-7-18(25-27-20-10-15(2)16(3)11-22(20)31-25)12-19(14)26-24(28)17-8-9-21(29-4)23(13-17)30-5/h6-13H,1-5H3,(H,26,28). The minimum Gasteiger partial charge on any atom is -0.493 e. The molecule has 0 spiro atoms. The molecule has 0 bridgehead atoms. The van der Waals surface area contributed by atoms with Gasteiger partial charge < -0.3 is 19.2 Å². The molecular weight excluding hydrogens is 392 g/mol. The number of amides is 1. The van der Waals surface area contributed by atoms with Crippen LogP contribution in [0.15, 0.2) is 52.9 Å². The quantitative estimate of drug-likeness (QED) is 0.452. The summed E-state index contributed by atoms with van der Waals surface area (Å²) in [4.78, 5) is 17.5. The van der Waals surface area contributed by atoms with Gasteiger partial charge in [-0.25, -0.2) is 4.98 Å². The van der Waals surface area contributed by atoms with Crippen LogP contribution >= 0.6 is 0 Å². The van der Waals surface area contributed by atoms with E-state index in [1.54, 1.807) is 25.3 Å². The van der Waals surface area contributed by atoms with Crippen LogP contribution in [0.5, 0.6) is 11.5 Å². The number of methoxy groups -OCH3 is 2. The van der Waals surface area contributed by atoms with Crippen LogP contribution in [0.2, 0.25) is 0 Å². The molecular formula is C25H24N2O4. The van der Waals surface area contributed by atoms with E-state index in [0.717, 1.165) is 27.8 Å². The first-order valence-corrected chi connectivity index (χ1v) is 9.92. The number of rotatable bonds is 5. The van der Waals surface area contributed by atoms with Crippen LogP contribution in [0.25, 0.3) is 22.6 Å². The lowest BCUT2D eigenvalue weighted by molar-refractivity contribution is 0.102. The normalized spacial score (nSPS) is 10.9. The third-order valence-electron chi connectivity index (χ3n) is 5.38. The highest BCUT2D eigenvalue weighted by Crippen LogP contribution is 2.31. The molecule has 158 valence electrons. The Balaban J connectivity index is 1.65. The van der Waals surface area contributed by atoms with Gasteiger partial charge in [0.25, 0.3) is 5.91 Å². The third kappa shape index (κ3) is 3.97. The Morgan fingerprint density at radius 2 is 1.61 bits per heavy atom. The summed E-state index contributed by atoms with van der Waals surface area (Å²) in [5, 5.41) is 2.97. The van der Waals surface area contributed by atoms with Crippen LogP contribution in [-0.4, -0.2) is 25.1 Å². The largest absolute Gasteiger partial charge is 0.493 e. The monoisotopic (exact) mass is 416 g/mol. The minimum atomic E-state index is -0.245. The molecule has 0 atom stereocenters. The number of aryl methyl sites for hydroxylation is 3. The number of oxazole rings is 1. The maximum Gasteiger partial charge on any atom is 0.255 e. The molecule has 6 nitrogen and oxygen atoms in total. The van der Waals surface area contributed by atoms with Crippen LogP contribution in [0.3, 0.4) is 0 Å². The van der Waals surface area contributed by atoms with Crippen molar-refractivity contribution in [2.75, 3.05) is 19.5 Å². The first-order chi connectivity index (χ1) is 14.9. The summed E-state index contributed by atoms with van der Waals surface area (Å²) < 4.78 is 16.5. The van der Waals surface area contributed by atoms with Crippen LogP contribution < -0.4 is 14.8 Å². The number of nitrogens with zero attached hydrogens (tertiary/aromatic N) is 1. The second kappa shape index (κ2) is 8.14. The van der Waals surface area contributed by atoms with Gasteiger partial charge in [-0.2, -0.15) is 0 Å². The molecule has 1 amide bonds. The molecule has 0 saturated heterocycles. The van der Waals surface area contributed by atoms with E-state index in [-0.39, 0.29) is 5.91 Å². The van der Waals surface area contributed by atoms with Crippen molar-refractivity contribution in [3.63, 3.8) is 0 Å². The number of fused-ring (bicyclic) bond motifs is 1. The van der Waals surface area contributed by atoms with Crippen molar-refractivity contribution in [2.45, 2.75) is 20.8 Å². The molecule has 6 heteroatoms. The van der Waals surface area contributed by atoms with Gasteiger partial charge in [-0.1, -0.05) is 6.07 Å². The van der Waals surface area contributed by atoms with Crippen LogP contribution in [0, 0.1) is 20.8 Å². The molecule has 1 N–H and O–H groups in total. The Hall–Kier alpha value is -3.80. The zero-order valence-electron chi connectivity index (χ0n) is 18.2. The summed E-state index contributed by atoms with van der Waals surface area (Å²) in [5.41, 5.74) is 6.76. The molecule has 31 heavy (non-hydrogen) atoms. The van der Waals surface area contributed by atoms with Crippen molar-refractivity contribution >= 4 is 22.7 Å². The highest BCUT2D eigenvalue weighted by atomic mass is 16.5. The lowest BCUT2D eigenvalue weighted by Crippen LogP contribution is -2.13. The molecule has 0 aliphatic heterocycles. The van der Waals surface area contributed by atoms with Crippen molar-refractivity contribution in [3.8, 4) is 23.0 Å². The van der Waals surface area contributed by atoms with Gasteiger partial charge in [0.15, 0.2) is 17.1 Å². The smallest absolute Gasteiger partial charge is 0.255 e. The number of anilines is 1. The highest BCUT2D eigenvalue weighted by molar-refractivity contribution is 6.05. The number of benzene rings is 3. The van der Waals surface area contributed by atoms with Gasteiger partial charge in [0, 0.05) is 16.8 Å². The molecule has 4 aromatic rings. The van der Waals surface area contributed by atoms with Crippen molar-refractivity contribution in [3.05, 3.63) is 70.8 Å². The van der Waals surface area contributed by atoms with Crippen molar-refractivity contribution in [1.29, 1.82) is 0 Å². The van der Waals surface area contributed by atoms with E-state index >= 15 is 0 Å². The zero-order valence-corrected chi connectivity index (χ0v) is 18.2. The van der Waals surface area contributed by atoms with E-state index in [4.69, 9.17) is 13.9 Å². The summed E-state index contributed by atoms with van der Waals surface area (Å²) in [7, 11) is 3.09. The minimum absolute atomic E-state index is 0.245. The summed E-state index contributed by atoms with van der Waals surface area (Å²) >= 11 is 0. The molecule has 3 aromatic carbocycles. The number of carbonyl (C=O) groups is 1. The molecule has 0 aliphatic rings. The Labute approximate surface area is 180 Å². The number of hydrogen-bond donors (Lipinski definition) is 1. The Bertz CT molecular complexity index is 1250. The predicted octanol–water partition coefficient (Wildman–Crippen LogP) is 5.69. The van der Waals surface area contributed by atoms with E-state index in [2.05, 4.69) is 17.2 Å². The Morgan fingerprint density at radius 3 is 2.35 bits per heavy atom. The maximum atomic E-state index is 12.9. The Morgan fingerprint density at radius 1 is 0.871 bits per heavy atom. The Kier molecular flexibility index (Phi) is 5.38. The molecule has 0 aliphatic carbocycles. The van der Waals surface area contributed by atoms with Gasteiger partial charge in [-0.3, -0.25) is 4.79 Å². The molecule has 1 heterocycles. The van der Waals surface area contributed by atoms with Gasteiger partial charge >= 0.3 is 0 Å². The molecule has 1 aromatic heterocycles. The first-order valence-electron chi connectivity index (χ1n) is 9.92. The molecule has 0 unspecified atom stereocenters. The van der Waals surface area contributed by atoms with Crippen LogP contribution in [0.4, 0.5) is 5.69 Å². The van der Waals surface area contributed by atoms with Gasteiger partial charge in [0.2, 0.25) is 5.89 Å². The lowest BCUT2D eigenvalue weighted by Gasteiger charge is -2.12. The van der Waals surface area contributed by atoms with E-state index in [1.807, 2.05) is 44.2 Å². The molecule has 4 rings (SSSR count). The topological polar surface area (TPSA) is 73.6 Å². The van der Waals surface area contributed by atoms with Crippen molar-refractivity contribution in [1.82, 2.24) is 4.98 Å². The molecule has 0 saturated carbocycles. The van der Waals surface area contributed by atoms with E-state index in [9.17, 15) is 4.79 Å². The summed E-state index contributed by atoms with van der Waals surface area (Å²) in [6.07, 6.45) is 0. The van der Waals surface area contributed by atoms with E-state index in [0.29, 0.717) is 28.6 Å². The van der Waals surface area contributed by atoms with Crippen molar-refractivity contribution in [2.24, 2.45) is 0 Å². The third-order valence-corrected chi connectivity index (χ3v) is 5.38. The zero-order chi connectivity index (χ0) is 22.1. The van der Waals surface area contributed by atoms with Crippen LogP contribution in [0.1, 0.15) is 27.0 Å². The van der Waals surface area contributed by atoms with Gasteiger partial charge in [-0.05, 0) is 79.9 Å². The maximum absolute atomic E-state index is 12.9. The lowest BCUT2D eigenvalue weighted by atomic mass is 10.1. The average Bonchev–Trinajstić information content (AvgIpc) is 3.17. The summed E-state index contributed by atoms with van der Waals surface area (Å²) in [5.74, 6) is 1.34. The number of nitrogens with one attached hydrogen (secondary N) is 1. The fourth-order valence-electron chi connectivity index (χ4n) is 3.37. The molecule has 0 radical (unpaired) electrons. The fraction of sp³-hybridized carbons (Fsp3) is 0.200. The summed E-state index contributed by atoms with van der Waals surface area (Å²) in [6.45, 7) is 6.04. The van der Waals surface area contributed by atoms with Gasteiger partial charge in [0.05, 0.1) is 14.2 Å². The first kappa shape index (κ1) is 20.5. The average molecular weight is 416 g/mol. The van der Waals surface area contributed by atoms with Gasteiger partial charge in [0.1, 0.15) is 5.52 Å². The van der Waals surface area contributed by atoms with Crippen molar-refractivity contribution < 1.29 is 18.7 Å². The number of carbonyl (C=O) groups excluding carboxylic acids is 1. The van der Waals surface area contributed by atoms with E-state index in [1.165, 1.54) is 12.7 Å². The van der Waals surface area contributed by atoms with E-state index < -0.39 is 0 Å². The fourth-order valence-corrected chi connectivity index (χ4v) is 3.37. The number of aromatic nitrogens is 1. The highest BCUT2D eigenvalue weighted by Gasteiger charge is 2.15. The number of hydrogen-bond acceptors (Lipinski definition) is 5. The van der Waals surface area contributed by atoms with Crippen LogP contribution in [-0.2, 0) is 0 Å². The second-order valence-corrected chi connectivity index (χ2v) is 7.48. The SMILES string of the molecule is COc1ccc(C(=O)Nc2cc(-c3nc4cc(C)c(C)cc4o3)ccc2C)cc1OC. The molecule has 0 fully saturated rings. The summed E-state index contributed by atoms with van der Waals surface area (Å²) in [6, 6.07) is 14.8. The second-order valence-electron chi connectivity index (χ2n) is 7.48. The number of ether oxygens (including phenoxy) is 2. The predicted molar refractivity (Wildman–Crippen MR) is 121 cm³/mol. The van der Waals surface area contributed by atoms with Gasteiger partial charge in [-0.15, -0.1) is 0 Å².